The Bertz CT molecular complexity index is 127. The van der Waals surface area contributed by atoms with Crippen LogP contribution in [0.15, 0.2) is 0 Å². The molecule has 0 amide bonds. The third-order valence-corrected chi connectivity index (χ3v) is 14.5. The van der Waals surface area contributed by atoms with Crippen molar-refractivity contribution >= 4 is 21.1 Å². The lowest BCUT2D eigenvalue weighted by Gasteiger charge is -2.09. The maximum absolute atomic E-state index is 2.42. The minimum Gasteiger partial charge on any atom is -0.0503 e. The predicted molar refractivity (Wildman–Crippen MR) is 56.3 cm³/mol. The minimum atomic E-state index is -0.516. The predicted octanol–water partition coefficient (Wildman–Crippen LogP) is 3.58. The van der Waals surface area contributed by atoms with Crippen molar-refractivity contribution in [2.24, 2.45) is 0 Å². The summed E-state index contributed by atoms with van der Waals surface area (Å²) < 4.78 is 0. The molecular formula is C6H18P3+. The summed E-state index contributed by atoms with van der Waals surface area (Å²) in [5.74, 6) is 0. The Balaban J connectivity index is 4.32. The topological polar surface area (TPSA) is 0 Å². The van der Waals surface area contributed by atoms with Crippen LogP contribution in [0.3, 0.4) is 0 Å². The molecule has 0 nitrogen and oxygen atoms in total. The van der Waals surface area contributed by atoms with Gasteiger partial charge >= 0.3 is 0 Å². The molecule has 56 valence electrons. The molecule has 0 N–H and O–H groups in total. The number of hydrogen-bond donors (Lipinski definition) is 0. The van der Waals surface area contributed by atoms with Crippen LogP contribution in [0.5, 0.6) is 0 Å². The zero-order valence-corrected chi connectivity index (χ0v) is 10.0. The Morgan fingerprint density at radius 2 is 1.33 bits per heavy atom. The highest BCUT2D eigenvalue weighted by Gasteiger charge is 2.16. The Kier molecular flexibility index (Phi) is 3.43. The fraction of sp³-hybridized carbons (Fsp3) is 1.00. The Morgan fingerprint density at radius 1 is 1.00 bits per heavy atom. The molecule has 0 saturated heterocycles. The smallest absolute Gasteiger partial charge is 0.0503 e. The van der Waals surface area contributed by atoms with Gasteiger partial charge in [-0.1, -0.05) is 6.55 Å². The zero-order chi connectivity index (χ0) is 7.71. The number of hydrogen-bond acceptors (Lipinski definition) is 0. The largest absolute Gasteiger partial charge is 0.0793 e. The van der Waals surface area contributed by atoms with Crippen LogP contribution in [0.4, 0.5) is 0 Å². The molecule has 0 spiro atoms. The Labute approximate surface area is 61.6 Å². The molecule has 0 radical (unpaired) electrons. The lowest BCUT2D eigenvalue weighted by molar-refractivity contribution is 2.09. The highest BCUT2D eigenvalue weighted by Crippen LogP contribution is 2.71. The lowest BCUT2D eigenvalue weighted by Crippen LogP contribution is -1.71. The molecule has 0 aromatic rings. The van der Waals surface area contributed by atoms with Crippen LogP contribution >= 0.6 is 21.1 Å². The summed E-state index contributed by atoms with van der Waals surface area (Å²) in [6, 6.07) is 0. The molecule has 0 aliphatic rings. The van der Waals surface area contributed by atoms with Crippen molar-refractivity contribution in [3.05, 3.63) is 0 Å². The molecule has 0 aromatic carbocycles. The summed E-state index contributed by atoms with van der Waals surface area (Å²) in [5.41, 5.74) is 0. The van der Waals surface area contributed by atoms with Gasteiger partial charge < -0.3 is 0 Å². The van der Waals surface area contributed by atoms with Crippen LogP contribution in [0.2, 0.25) is 0 Å². The minimum absolute atomic E-state index is 0.516. The van der Waals surface area contributed by atoms with Crippen molar-refractivity contribution < 1.29 is 0 Å². The normalized spacial score (nSPS) is 14.4. The second-order valence-electron chi connectivity index (χ2n) is 3.97. The summed E-state index contributed by atoms with van der Waals surface area (Å²) in [4.78, 5) is 0. The maximum atomic E-state index is 2.42. The van der Waals surface area contributed by atoms with E-state index in [1.54, 1.807) is 7.56 Å². The van der Waals surface area contributed by atoms with Crippen LogP contribution in [-0.4, -0.2) is 40.0 Å². The van der Waals surface area contributed by atoms with Gasteiger partial charge in [-0.05, 0) is 20.0 Å². The van der Waals surface area contributed by atoms with Gasteiger partial charge in [-0.2, -0.15) is 0 Å². The van der Waals surface area contributed by atoms with E-state index < -0.39 is 13.5 Å². The highest BCUT2D eigenvalue weighted by atomic mass is 32.3. The van der Waals surface area contributed by atoms with Crippen LogP contribution in [-0.2, 0) is 0 Å². The molecule has 0 unspecified atom stereocenters. The van der Waals surface area contributed by atoms with E-state index in [2.05, 4.69) is 40.0 Å². The Hall–Kier alpha value is 1.16. The first-order chi connectivity index (χ1) is 3.71. The highest BCUT2D eigenvalue weighted by molar-refractivity contribution is 8.44. The summed E-state index contributed by atoms with van der Waals surface area (Å²) in [6.45, 7) is 13.5. The molecule has 0 heterocycles. The second-order valence-corrected chi connectivity index (χ2v) is 21.3. The van der Waals surface area contributed by atoms with Gasteiger partial charge in [-0.3, -0.25) is 0 Å². The molecule has 3 heteroatoms. The van der Waals surface area contributed by atoms with Crippen molar-refractivity contribution in [2.75, 3.05) is 40.0 Å². The average Bonchev–Trinajstić information content (AvgIpc) is 1.14. The van der Waals surface area contributed by atoms with Crippen LogP contribution in [0, 0.1) is 0 Å². The molecule has 0 aliphatic heterocycles. The SMILES string of the molecule is CP(C)(C)=P[P+](C)(C)C. The first kappa shape index (κ1) is 10.2. The quantitative estimate of drug-likeness (QED) is 0.545. The fourth-order valence-corrected chi connectivity index (χ4v) is 21.7. The lowest BCUT2D eigenvalue weighted by atomic mass is 11.9. The average molecular weight is 183 g/mol. The monoisotopic (exact) mass is 183 g/mol. The zero-order valence-electron chi connectivity index (χ0n) is 7.34. The molecule has 0 rings (SSSR count). The van der Waals surface area contributed by atoms with Gasteiger partial charge in [0.1, 0.15) is 0 Å². The van der Waals surface area contributed by atoms with E-state index in [4.69, 9.17) is 0 Å². The maximum Gasteiger partial charge on any atom is 0.0793 e. The summed E-state index contributed by atoms with van der Waals surface area (Å²) >= 11 is 0. The molecule has 0 saturated carbocycles. The van der Waals surface area contributed by atoms with Gasteiger partial charge in [-0.15, -0.1) is 0 Å². The fourth-order valence-electron chi connectivity index (χ4n) is 0.805. The molecular weight excluding hydrogens is 165 g/mol. The van der Waals surface area contributed by atoms with E-state index in [0.29, 0.717) is 0 Å². The molecule has 0 atom stereocenters. The van der Waals surface area contributed by atoms with Crippen molar-refractivity contribution in [3.63, 3.8) is 0 Å². The van der Waals surface area contributed by atoms with E-state index in [1.807, 2.05) is 0 Å². The van der Waals surface area contributed by atoms with Gasteiger partial charge in [0.25, 0.3) is 0 Å². The van der Waals surface area contributed by atoms with Gasteiger partial charge in [0.05, 0.1) is 34.5 Å². The third kappa shape index (κ3) is 9.16. The van der Waals surface area contributed by atoms with Gasteiger partial charge in [0.2, 0.25) is 0 Å². The first-order valence-electron chi connectivity index (χ1n) is 3.08. The molecule has 0 aromatic heterocycles. The van der Waals surface area contributed by atoms with Crippen LogP contribution in [0.25, 0.3) is 0 Å². The van der Waals surface area contributed by atoms with Crippen LogP contribution < -0.4 is 0 Å². The van der Waals surface area contributed by atoms with Crippen molar-refractivity contribution in [3.8, 4) is 0 Å². The summed E-state index contributed by atoms with van der Waals surface area (Å²) in [5, 5.41) is 0. The number of rotatable bonds is 1. The van der Waals surface area contributed by atoms with E-state index in [9.17, 15) is 0 Å². The third-order valence-electron chi connectivity index (χ3n) is 0.537. The van der Waals surface area contributed by atoms with E-state index in [0.717, 1.165) is 0 Å². The van der Waals surface area contributed by atoms with Crippen molar-refractivity contribution in [1.82, 2.24) is 0 Å². The van der Waals surface area contributed by atoms with E-state index >= 15 is 0 Å². The molecule has 9 heavy (non-hydrogen) atoms. The summed E-state index contributed by atoms with van der Waals surface area (Å²) in [7, 11) is 1.75. The van der Waals surface area contributed by atoms with E-state index in [-0.39, 0.29) is 0 Å². The van der Waals surface area contributed by atoms with Gasteiger partial charge in [0, 0.05) is 0 Å². The first-order valence-corrected chi connectivity index (χ1v) is 11.6. The molecule has 0 aliphatic carbocycles. The van der Waals surface area contributed by atoms with Crippen LogP contribution in [0.1, 0.15) is 0 Å². The van der Waals surface area contributed by atoms with Crippen molar-refractivity contribution in [1.29, 1.82) is 0 Å². The van der Waals surface area contributed by atoms with E-state index in [1.165, 1.54) is 0 Å². The van der Waals surface area contributed by atoms with Gasteiger partial charge in [-0.25, -0.2) is 0 Å². The standard InChI is InChI=1S/C6H18P3/c1-8(2,3)7-9(4,5)6/h1-6H3/q+1. The molecule has 0 fully saturated rings. The Morgan fingerprint density at radius 3 is 1.33 bits per heavy atom. The molecule has 0 bridgehead atoms. The second kappa shape index (κ2) is 3.04. The summed E-state index contributed by atoms with van der Waals surface area (Å²) in [6.07, 6.45) is 0. The van der Waals surface area contributed by atoms with Crippen molar-refractivity contribution in [2.45, 2.75) is 0 Å². The van der Waals surface area contributed by atoms with Gasteiger partial charge in [0.15, 0.2) is 0 Å².